The molecule has 0 bridgehead atoms. The maximum absolute atomic E-state index is 12.5. The minimum atomic E-state index is -3.80. The van der Waals surface area contributed by atoms with Crippen LogP contribution in [-0.4, -0.2) is 20.9 Å². The number of sulfonamides is 1. The first-order valence-electron chi connectivity index (χ1n) is 9.21. The van der Waals surface area contributed by atoms with Gasteiger partial charge in [-0.15, -0.1) is 0 Å². The molecule has 0 aromatic heterocycles. The molecule has 0 aliphatic heterocycles. The fraction of sp³-hybridized carbons (Fsp3) is 0.136. The van der Waals surface area contributed by atoms with Crippen molar-refractivity contribution in [2.45, 2.75) is 17.7 Å². The number of benzene rings is 3. The maximum Gasteiger partial charge on any atom is 0.261 e. The Morgan fingerprint density at radius 1 is 0.833 bits per heavy atom. The lowest BCUT2D eigenvalue weighted by atomic mass is 10.1. The van der Waals surface area contributed by atoms with Crippen molar-refractivity contribution in [3.05, 3.63) is 94.0 Å². The molecule has 3 aromatic rings. The lowest BCUT2D eigenvalue weighted by molar-refractivity contribution is -0.120. The first-order valence-corrected chi connectivity index (χ1v) is 11.4. The zero-order valence-corrected chi connectivity index (χ0v) is 18.3. The van der Waals surface area contributed by atoms with Crippen LogP contribution in [0.4, 0.5) is 5.69 Å². The van der Waals surface area contributed by atoms with Crippen molar-refractivity contribution < 1.29 is 13.2 Å². The first-order chi connectivity index (χ1) is 14.3. The van der Waals surface area contributed by atoms with Gasteiger partial charge in [-0.05, 0) is 47.9 Å². The van der Waals surface area contributed by atoms with Gasteiger partial charge in [0.1, 0.15) is 0 Å². The Labute approximate surface area is 186 Å². The number of hydrogen-bond donors (Lipinski definition) is 2. The molecule has 0 saturated carbocycles. The van der Waals surface area contributed by atoms with E-state index in [1.807, 2.05) is 30.3 Å². The third kappa shape index (κ3) is 6.23. The first kappa shape index (κ1) is 22.2. The molecule has 3 aromatic carbocycles. The molecule has 0 radical (unpaired) electrons. The average Bonchev–Trinajstić information content (AvgIpc) is 2.72. The van der Waals surface area contributed by atoms with Gasteiger partial charge in [0.05, 0.1) is 21.4 Å². The van der Waals surface area contributed by atoms with Crippen molar-refractivity contribution >= 4 is 44.8 Å². The van der Waals surface area contributed by atoms with Gasteiger partial charge in [-0.2, -0.15) is 0 Å². The molecule has 0 heterocycles. The molecular formula is C22H20Cl2N2O3S. The molecular weight excluding hydrogens is 443 g/mol. The highest BCUT2D eigenvalue weighted by Crippen LogP contribution is 2.26. The lowest BCUT2D eigenvalue weighted by Crippen LogP contribution is -2.27. The summed E-state index contributed by atoms with van der Waals surface area (Å²) < 4.78 is 27.5. The second-order valence-corrected chi connectivity index (χ2v) is 9.14. The van der Waals surface area contributed by atoms with E-state index in [0.29, 0.717) is 12.2 Å². The quantitative estimate of drug-likeness (QED) is 0.509. The zero-order chi connectivity index (χ0) is 21.6. The summed E-state index contributed by atoms with van der Waals surface area (Å²) in [5, 5.41) is 3.33. The van der Waals surface area contributed by atoms with Gasteiger partial charge >= 0.3 is 0 Å². The molecule has 0 fully saturated rings. The van der Waals surface area contributed by atoms with Crippen molar-refractivity contribution in [2.75, 3.05) is 11.3 Å². The number of anilines is 1. The summed E-state index contributed by atoms with van der Waals surface area (Å²) in [6.45, 7) is 0.560. The number of carbonyl (C=O) groups excluding carboxylic acids is 1. The Kier molecular flexibility index (Phi) is 7.37. The van der Waals surface area contributed by atoms with E-state index in [9.17, 15) is 13.2 Å². The van der Waals surface area contributed by atoms with Gasteiger partial charge in [0.25, 0.3) is 10.0 Å². The molecule has 2 N–H and O–H groups in total. The van der Waals surface area contributed by atoms with Crippen molar-refractivity contribution in [3.8, 4) is 0 Å². The molecule has 3 rings (SSSR count). The van der Waals surface area contributed by atoms with Crippen molar-refractivity contribution in [1.29, 1.82) is 0 Å². The molecule has 1 amide bonds. The summed E-state index contributed by atoms with van der Waals surface area (Å²) in [5.74, 6) is -0.0879. The van der Waals surface area contributed by atoms with Crippen molar-refractivity contribution in [1.82, 2.24) is 5.32 Å². The molecule has 0 atom stereocenters. The van der Waals surface area contributed by atoms with Crippen LogP contribution in [0.25, 0.3) is 0 Å². The summed E-state index contributed by atoms with van der Waals surface area (Å²) in [4.78, 5) is 12.1. The van der Waals surface area contributed by atoms with E-state index in [4.69, 9.17) is 23.2 Å². The van der Waals surface area contributed by atoms with E-state index in [2.05, 4.69) is 10.0 Å². The molecule has 156 valence electrons. The zero-order valence-electron chi connectivity index (χ0n) is 15.9. The van der Waals surface area contributed by atoms with Crippen LogP contribution in [0.3, 0.4) is 0 Å². The lowest BCUT2D eigenvalue weighted by Gasteiger charge is -2.10. The number of halogens is 2. The smallest absolute Gasteiger partial charge is 0.261 e. The Bertz CT molecular complexity index is 1120. The van der Waals surface area contributed by atoms with Crippen LogP contribution in [0, 0.1) is 0 Å². The molecule has 0 unspecified atom stereocenters. The second kappa shape index (κ2) is 9.98. The highest BCUT2D eigenvalue weighted by atomic mass is 35.5. The summed E-state index contributed by atoms with van der Waals surface area (Å²) in [7, 11) is -3.80. The van der Waals surface area contributed by atoms with Gasteiger partial charge in [0, 0.05) is 12.2 Å². The second-order valence-electron chi connectivity index (χ2n) is 6.64. The maximum atomic E-state index is 12.5. The highest BCUT2D eigenvalue weighted by molar-refractivity contribution is 7.92. The minimum absolute atomic E-state index is 0.0128. The van der Waals surface area contributed by atoms with E-state index >= 15 is 0 Å². The largest absolute Gasteiger partial charge is 0.355 e. The standard InChI is InChI=1S/C22H20Cl2N2O3S/c23-20-11-10-19(15-21(20)24)30(28,29)26-18-8-6-17(7-9-18)14-22(27)25-13-12-16-4-2-1-3-5-16/h1-11,15,26H,12-14H2,(H,25,27). The molecule has 0 aliphatic rings. The Balaban J connectivity index is 1.54. The van der Waals surface area contributed by atoms with Crippen LogP contribution in [0.15, 0.2) is 77.7 Å². The van der Waals surface area contributed by atoms with Gasteiger partial charge < -0.3 is 5.32 Å². The third-order valence-electron chi connectivity index (χ3n) is 4.35. The Morgan fingerprint density at radius 2 is 1.53 bits per heavy atom. The van der Waals surface area contributed by atoms with E-state index in [1.165, 1.54) is 18.2 Å². The van der Waals surface area contributed by atoms with E-state index in [0.717, 1.165) is 17.5 Å². The van der Waals surface area contributed by atoms with Crippen LogP contribution in [0.2, 0.25) is 10.0 Å². The molecule has 0 aliphatic carbocycles. The summed E-state index contributed by atoms with van der Waals surface area (Å²) in [5.41, 5.74) is 2.33. The molecule has 8 heteroatoms. The van der Waals surface area contributed by atoms with Crippen LogP contribution in [0.1, 0.15) is 11.1 Å². The fourth-order valence-corrected chi connectivity index (χ4v) is 4.23. The van der Waals surface area contributed by atoms with Crippen LogP contribution in [-0.2, 0) is 27.7 Å². The summed E-state index contributed by atoms with van der Waals surface area (Å²) in [6.07, 6.45) is 0.983. The SMILES string of the molecule is O=C(Cc1ccc(NS(=O)(=O)c2ccc(Cl)c(Cl)c2)cc1)NCCc1ccccc1. The number of amides is 1. The predicted octanol–water partition coefficient (Wildman–Crippen LogP) is 4.70. The van der Waals surface area contributed by atoms with Crippen LogP contribution in [0.5, 0.6) is 0 Å². The third-order valence-corrected chi connectivity index (χ3v) is 6.47. The monoisotopic (exact) mass is 462 g/mol. The van der Waals surface area contributed by atoms with Crippen LogP contribution >= 0.6 is 23.2 Å². The van der Waals surface area contributed by atoms with Crippen LogP contribution < -0.4 is 10.0 Å². The average molecular weight is 463 g/mol. The highest BCUT2D eigenvalue weighted by Gasteiger charge is 2.16. The predicted molar refractivity (Wildman–Crippen MR) is 121 cm³/mol. The van der Waals surface area contributed by atoms with Gasteiger partial charge in [-0.25, -0.2) is 8.42 Å². The topological polar surface area (TPSA) is 75.3 Å². The van der Waals surface area contributed by atoms with Crippen molar-refractivity contribution in [2.24, 2.45) is 0 Å². The number of carbonyl (C=O) groups is 1. The molecule has 0 spiro atoms. The Hall–Kier alpha value is -2.54. The molecule has 5 nitrogen and oxygen atoms in total. The minimum Gasteiger partial charge on any atom is -0.355 e. The van der Waals surface area contributed by atoms with Gasteiger partial charge in [-0.1, -0.05) is 65.7 Å². The Morgan fingerprint density at radius 3 is 2.20 bits per heavy atom. The molecule has 0 saturated heterocycles. The van der Waals surface area contributed by atoms with Crippen molar-refractivity contribution in [3.63, 3.8) is 0 Å². The summed E-state index contributed by atoms with van der Waals surface area (Å²) >= 11 is 11.7. The fourth-order valence-electron chi connectivity index (χ4n) is 2.79. The number of rotatable bonds is 8. The molecule has 30 heavy (non-hydrogen) atoms. The number of hydrogen-bond acceptors (Lipinski definition) is 3. The van der Waals surface area contributed by atoms with E-state index in [1.54, 1.807) is 24.3 Å². The van der Waals surface area contributed by atoms with E-state index in [-0.39, 0.29) is 27.3 Å². The van der Waals surface area contributed by atoms with Gasteiger partial charge in [0.2, 0.25) is 5.91 Å². The van der Waals surface area contributed by atoms with Gasteiger partial charge in [-0.3, -0.25) is 9.52 Å². The van der Waals surface area contributed by atoms with E-state index < -0.39 is 10.0 Å². The number of nitrogens with one attached hydrogen (secondary N) is 2. The normalized spacial score (nSPS) is 11.1. The summed E-state index contributed by atoms with van der Waals surface area (Å²) in [6, 6.07) is 20.7. The van der Waals surface area contributed by atoms with Gasteiger partial charge in [0.15, 0.2) is 0 Å².